The number of fused-ring (bicyclic) bond motifs is 2. The van der Waals surface area contributed by atoms with Gasteiger partial charge >= 0.3 is 7.12 Å². The molecule has 0 fully saturated rings. The summed E-state index contributed by atoms with van der Waals surface area (Å²) in [5.74, 6) is 0.379. The second-order valence-corrected chi connectivity index (χ2v) is 15.0. The van der Waals surface area contributed by atoms with Crippen LogP contribution in [0.1, 0.15) is 7.43 Å². The van der Waals surface area contributed by atoms with Gasteiger partial charge in [-0.05, 0) is 88.7 Å². The molecule has 0 aliphatic rings. The molecular weight excluding hydrogens is 922 g/mol. The Morgan fingerprint density at radius 3 is 1.19 bits per heavy atom. The maximum Gasteiger partial charge on any atom is 0.491 e. The predicted molar refractivity (Wildman–Crippen MR) is 251 cm³/mol. The summed E-state index contributed by atoms with van der Waals surface area (Å²) in [5.41, 5.74) is 2.93. The fourth-order valence-electron chi connectivity index (χ4n) is 6.97. The van der Waals surface area contributed by atoms with E-state index >= 15 is 0 Å². The molecule has 324 valence electrons. The Hall–Kier alpha value is -5.76. The van der Waals surface area contributed by atoms with E-state index < -0.39 is 24.6 Å². The average Bonchev–Trinajstić information content (AvgIpc) is 3.27. The van der Waals surface area contributed by atoms with Crippen molar-refractivity contribution in [3.63, 3.8) is 0 Å². The Morgan fingerprint density at radius 1 is 0.429 bits per heavy atom. The van der Waals surface area contributed by atoms with Crippen molar-refractivity contribution in [2.24, 2.45) is 0 Å². The van der Waals surface area contributed by atoms with Gasteiger partial charge in [-0.3, -0.25) is 0 Å². The SMILES string of the molecule is C.COc1c(-c2ccccc2F)ccc2c(OC)c(-c3cccc(Cl)c3F)ccc12.COc1c(Br)ccc2c(OC)c(-c3cccc(Cl)c3F)ccc12.OB(O)c1ccccc1F. The highest BCUT2D eigenvalue weighted by Gasteiger charge is 2.21. The van der Waals surface area contributed by atoms with Gasteiger partial charge in [0.1, 0.15) is 46.3 Å². The molecule has 0 atom stereocenters. The molecule has 8 rings (SSSR count). The average molecular weight is 962 g/mol. The van der Waals surface area contributed by atoms with Crippen LogP contribution in [0.3, 0.4) is 0 Å². The molecule has 0 spiro atoms. The van der Waals surface area contributed by atoms with E-state index in [4.69, 9.17) is 52.2 Å². The third-order valence-corrected chi connectivity index (χ3v) is 11.0. The van der Waals surface area contributed by atoms with Crippen LogP contribution in [-0.2, 0) is 0 Å². The van der Waals surface area contributed by atoms with Crippen LogP contribution in [0.4, 0.5) is 17.6 Å². The zero-order valence-corrected chi connectivity index (χ0v) is 36.6. The van der Waals surface area contributed by atoms with Crippen molar-refractivity contribution < 1.29 is 46.6 Å². The molecule has 6 nitrogen and oxygen atoms in total. The number of hydrogen-bond donors (Lipinski definition) is 2. The van der Waals surface area contributed by atoms with Crippen molar-refractivity contribution in [2.75, 3.05) is 28.4 Å². The Kier molecular flexibility index (Phi) is 16.5. The Balaban J connectivity index is 0.000000196. The van der Waals surface area contributed by atoms with Crippen LogP contribution in [0.2, 0.25) is 10.0 Å². The molecule has 0 radical (unpaired) electrons. The van der Waals surface area contributed by atoms with E-state index in [9.17, 15) is 17.6 Å². The summed E-state index contributed by atoms with van der Waals surface area (Å²) in [6.45, 7) is 0. The topological polar surface area (TPSA) is 77.4 Å². The number of rotatable bonds is 8. The molecule has 2 N–H and O–H groups in total. The molecule has 0 bridgehead atoms. The van der Waals surface area contributed by atoms with E-state index in [2.05, 4.69) is 15.9 Å². The standard InChI is InChI=1S/C24H17ClF2O2.C18H13BrClFO2.C6H6BFO2.CH4/c1-28-23-16(14-6-3-4-9-21(14)26)10-12-19-18(23)13-11-17(24(19)29-2)15-7-5-8-20(25)22(15)27;1-22-17-11(10-4-3-5-15(20)16(10)21)6-7-13-12(17)8-9-14(19)18(13)23-2;8-6-4-2-1-3-5(6)7(9)10;/h3-13H,1-2H3;3-9H,1-2H3;1-4,9-10H;1H4. The summed E-state index contributed by atoms with van der Waals surface area (Å²) in [6, 6.07) is 36.4. The van der Waals surface area contributed by atoms with Crippen molar-refractivity contribution in [1.29, 1.82) is 0 Å². The highest BCUT2D eigenvalue weighted by atomic mass is 79.9. The minimum Gasteiger partial charge on any atom is -0.495 e. The van der Waals surface area contributed by atoms with Crippen molar-refractivity contribution in [3.05, 3.63) is 171 Å². The minimum atomic E-state index is -1.72. The zero-order chi connectivity index (χ0) is 44.7. The molecule has 0 aromatic heterocycles. The molecule has 8 aromatic rings. The zero-order valence-electron chi connectivity index (χ0n) is 33.5. The highest BCUT2D eigenvalue weighted by molar-refractivity contribution is 9.10. The first-order valence-electron chi connectivity index (χ1n) is 18.6. The molecule has 0 saturated carbocycles. The van der Waals surface area contributed by atoms with Gasteiger partial charge in [-0.1, -0.05) is 91.3 Å². The van der Waals surface area contributed by atoms with E-state index in [0.29, 0.717) is 56.4 Å². The van der Waals surface area contributed by atoms with Crippen LogP contribution in [0.25, 0.3) is 54.9 Å². The van der Waals surface area contributed by atoms with Gasteiger partial charge < -0.3 is 29.0 Å². The summed E-state index contributed by atoms with van der Waals surface area (Å²) in [7, 11) is 4.51. The lowest BCUT2D eigenvalue weighted by molar-refractivity contribution is 0.414. The number of hydrogen-bond acceptors (Lipinski definition) is 6. The van der Waals surface area contributed by atoms with E-state index in [1.54, 1.807) is 68.8 Å². The highest BCUT2D eigenvalue weighted by Crippen LogP contribution is 2.46. The normalized spacial score (nSPS) is 10.5. The van der Waals surface area contributed by atoms with Gasteiger partial charge in [-0.2, -0.15) is 0 Å². The molecule has 0 aliphatic carbocycles. The van der Waals surface area contributed by atoms with Crippen LogP contribution in [-0.4, -0.2) is 45.6 Å². The summed E-state index contributed by atoms with van der Waals surface area (Å²) in [6.07, 6.45) is 0. The first-order valence-corrected chi connectivity index (χ1v) is 20.2. The van der Waals surface area contributed by atoms with Crippen LogP contribution < -0.4 is 24.4 Å². The van der Waals surface area contributed by atoms with Crippen molar-refractivity contribution in [2.45, 2.75) is 7.43 Å². The van der Waals surface area contributed by atoms with Crippen LogP contribution in [0.15, 0.2) is 138 Å². The lowest BCUT2D eigenvalue weighted by atomic mass is 9.80. The van der Waals surface area contributed by atoms with Crippen molar-refractivity contribution in [1.82, 2.24) is 0 Å². The van der Waals surface area contributed by atoms with Gasteiger partial charge in [0, 0.05) is 60.4 Å². The summed E-state index contributed by atoms with van der Waals surface area (Å²) >= 11 is 15.3. The van der Waals surface area contributed by atoms with Gasteiger partial charge in [-0.15, -0.1) is 0 Å². The first kappa shape index (κ1) is 48.3. The third-order valence-electron chi connectivity index (χ3n) is 9.80. The van der Waals surface area contributed by atoms with Gasteiger partial charge in [-0.25, -0.2) is 17.6 Å². The van der Waals surface area contributed by atoms with Crippen LogP contribution >= 0.6 is 39.1 Å². The van der Waals surface area contributed by atoms with E-state index in [-0.39, 0.29) is 28.8 Å². The van der Waals surface area contributed by atoms with Crippen LogP contribution in [0.5, 0.6) is 23.0 Å². The van der Waals surface area contributed by atoms with Crippen molar-refractivity contribution >= 4 is 73.3 Å². The lowest BCUT2D eigenvalue weighted by Crippen LogP contribution is -2.32. The van der Waals surface area contributed by atoms with Gasteiger partial charge in [0.2, 0.25) is 0 Å². The maximum absolute atomic E-state index is 14.6. The summed E-state index contributed by atoms with van der Waals surface area (Å²) in [4.78, 5) is 0. The van der Waals surface area contributed by atoms with E-state index in [1.807, 2.05) is 36.4 Å². The monoisotopic (exact) mass is 960 g/mol. The van der Waals surface area contributed by atoms with Gasteiger partial charge in [0.15, 0.2) is 0 Å². The van der Waals surface area contributed by atoms with E-state index in [0.717, 1.165) is 26.0 Å². The summed E-state index contributed by atoms with van der Waals surface area (Å²) < 4.78 is 79.0. The Morgan fingerprint density at radius 2 is 0.794 bits per heavy atom. The number of benzene rings is 8. The van der Waals surface area contributed by atoms with Crippen molar-refractivity contribution in [3.8, 4) is 56.4 Å². The fraction of sp³-hybridized carbons (Fsp3) is 0.102. The molecule has 14 heteroatoms. The van der Waals surface area contributed by atoms with Crippen LogP contribution in [0, 0.1) is 23.3 Å². The molecule has 0 unspecified atom stereocenters. The molecular formula is C49H40BBrCl2F4O6. The quantitative estimate of drug-likeness (QED) is 0.117. The maximum atomic E-state index is 14.6. The Bertz CT molecular complexity index is 2900. The second-order valence-electron chi connectivity index (χ2n) is 13.3. The molecule has 0 heterocycles. The lowest BCUT2D eigenvalue weighted by Gasteiger charge is -2.17. The fourth-order valence-corrected chi connectivity index (χ4v) is 7.82. The van der Waals surface area contributed by atoms with Gasteiger partial charge in [0.05, 0.1) is 43.0 Å². The van der Waals surface area contributed by atoms with Gasteiger partial charge in [0.25, 0.3) is 0 Å². The number of methoxy groups -OCH3 is 4. The molecule has 0 saturated heterocycles. The molecule has 0 aliphatic heterocycles. The smallest absolute Gasteiger partial charge is 0.491 e. The third kappa shape index (κ3) is 10.1. The largest absolute Gasteiger partial charge is 0.495 e. The molecule has 8 aromatic carbocycles. The summed E-state index contributed by atoms with van der Waals surface area (Å²) in [5, 5.41) is 20.3. The number of ether oxygens (including phenoxy) is 4. The number of halogens is 7. The predicted octanol–water partition coefficient (Wildman–Crippen LogP) is 13.3. The molecule has 0 amide bonds. The Labute approximate surface area is 381 Å². The minimum absolute atomic E-state index is 0. The second kappa shape index (κ2) is 21.6. The van der Waals surface area contributed by atoms with E-state index in [1.165, 1.54) is 56.7 Å². The molecule has 63 heavy (non-hydrogen) atoms. The first-order chi connectivity index (χ1) is 29.9.